The zero-order valence-corrected chi connectivity index (χ0v) is 16.2. The van der Waals surface area contributed by atoms with Gasteiger partial charge in [0, 0.05) is 25.3 Å². The van der Waals surface area contributed by atoms with Crippen molar-refractivity contribution in [3.8, 4) is 5.69 Å². The average Bonchev–Trinajstić information content (AvgIpc) is 3.24. The minimum atomic E-state index is -0.305. The minimum absolute atomic E-state index is 0.0997. The molecule has 0 radical (unpaired) electrons. The molecular weight excluding hydrogens is 359 g/mol. The van der Waals surface area contributed by atoms with Gasteiger partial charge in [0.2, 0.25) is 5.91 Å². The van der Waals surface area contributed by atoms with Crippen molar-refractivity contribution in [2.24, 2.45) is 5.41 Å². The summed E-state index contributed by atoms with van der Waals surface area (Å²) in [5.41, 5.74) is 1.77. The van der Waals surface area contributed by atoms with E-state index < -0.39 is 0 Å². The Morgan fingerprint density at radius 2 is 2.04 bits per heavy atom. The highest BCUT2D eigenvalue weighted by atomic mass is 19.1. The number of hydrogen-bond donors (Lipinski definition) is 2. The van der Waals surface area contributed by atoms with Crippen molar-refractivity contribution in [1.82, 2.24) is 15.1 Å². The van der Waals surface area contributed by atoms with E-state index in [1.807, 2.05) is 13.0 Å². The highest BCUT2D eigenvalue weighted by molar-refractivity contribution is 5.91. The van der Waals surface area contributed by atoms with Gasteiger partial charge < -0.3 is 15.4 Å². The fraction of sp³-hybridized carbons (Fsp3) is 0.524. The van der Waals surface area contributed by atoms with Crippen molar-refractivity contribution in [1.29, 1.82) is 0 Å². The van der Waals surface area contributed by atoms with Crippen molar-refractivity contribution in [3.05, 3.63) is 41.8 Å². The number of carbonyl (C=O) groups excluding carboxylic acids is 1. The van der Waals surface area contributed by atoms with Crippen LogP contribution in [-0.2, 0) is 9.53 Å². The third-order valence-corrected chi connectivity index (χ3v) is 6.07. The number of carbonyl (C=O) groups is 1. The van der Waals surface area contributed by atoms with E-state index in [1.165, 1.54) is 25.0 Å². The topological polar surface area (TPSA) is 68.2 Å². The predicted molar refractivity (Wildman–Crippen MR) is 105 cm³/mol. The van der Waals surface area contributed by atoms with Crippen molar-refractivity contribution in [2.75, 3.05) is 25.1 Å². The number of aryl methyl sites for hydroxylation is 1. The molecule has 1 spiro atoms. The standard InChI is InChI=1S/C21H27FN4O2/c1-15-13-19(26(25-15)17-6-4-16(22)5-7-17)24-20(27)14-23-18-3-2-8-21(18)9-11-28-12-10-21/h4-7,13,18,23H,2-3,8-12,14H2,1H3,(H,24,27). The summed E-state index contributed by atoms with van der Waals surface area (Å²) >= 11 is 0. The van der Waals surface area contributed by atoms with Gasteiger partial charge in [0.15, 0.2) is 0 Å². The Kier molecular flexibility index (Phi) is 5.46. The van der Waals surface area contributed by atoms with Crippen LogP contribution in [0.15, 0.2) is 30.3 Å². The molecule has 0 bridgehead atoms. The van der Waals surface area contributed by atoms with Crippen LogP contribution in [0.25, 0.3) is 5.69 Å². The van der Waals surface area contributed by atoms with Gasteiger partial charge in [0.25, 0.3) is 0 Å². The number of ether oxygens (including phenoxy) is 1. The van der Waals surface area contributed by atoms with Crippen LogP contribution in [0, 0.1) is 18.2 Å². The normalized spacial score (nSPS) is 21.1. The van der Waals surface area contributed by atoms with E-state index in [1.54, 1.807) is 16.8 Å². The Morgan fingerprint density at radius 1 is 1.29 bits per heavy atom. The highest BCUT2D eigenvalue weighted by Crippen LogP contribution is 2.45. The number of nitrogens with zero attached hydrogens (tertiary/aromatic N) is 2. The summed E-state index contributed by atoms with van der Waals surface area (Å²) in [4.78, 5) is 12.6. The van der Waals surface area contributed by atoms with Crippen LogP contribution in [0.5, 0.6) is 0 Å². The van der Waals surface area contributed by atoms with Gasteiger partial charge in [-0.3, -0.25) is 4.79 Å². The van der Waals surface area contributed by atoms with Gasteiger partial charge in [-0.1, -0.05) is 6.42 Å². The van der Waals surface area contributed by atoms with E-state index in [0.717, 1.165) is 38.2 Å². The van der Waals surface area contributed by atoms with Gasteiger partial charge in [0.05, 0.1) is 17.9 Å². The SMILES string of the molecule is Cc1cc(NC(=O)CNC2CCCC23CCOCC3)n(-c2ccc(F)cc2)n1. The number of hydrogen-bond acceptors (Lipinski definition) is 4. The third kappa shape index (κ3) is 3.95. The van der Waals surface area contributed by atoms with Crippen LogP contribution < -0.4 is 10.6 Å². The molecule has 2 aliphatic rings. The molecule has 28 heavy (non-hydrogen) atoms. The molecule has 2 aromatic rings. The number of aromatic nitrogens is 2. The molecule has 1 aliphatic carbocycles. The lowest BCUT2D eigenvalue weighted by Crippen LogP contribution is -2.47. The lowest BCUT2D eigenvalue weighted by Gasteiger charge is -2.39. The lowest BCUT2D eigenvalue weighted by molar-refractivity contribution is -0.115. The molecule has 1 saturated carbocycles. The van der Waals surface area contributed by atoms with Crippen LogP contribution in [-0.4, -0.2) is 41.5 Å². The maximum Gasteiger partial charge on any atom is 0.239 e. The van der Waals surface area contributed by atoms with E-state index in [0.29, 0.717) is 17.5 Å². The molecule has 2 fully saturated rings. The zero-order valence-electron chi connectivity index (χ0n) is 16.2. The van der Waals surface area contributed by atoms with Crippen LogP contribution in [0.3, 0.4) is 0 Å². The second kappa shape index (κ2) is 8.01. The van der Waals surface area contributed by atoms with Crippen LogP contribution in [0.2, 0.25) is 0 Å². The first-order valence-corrected chi connectivity index (χ1v) is 9.99. The van der Waals surface area contributed by atoms with Gasteiger partial charge in [-0.05, 0) is 62.3 Å². The molecule has 1 aromatic carbocycles. The second-order valence-electron chi connectivity index (χ2n) is 7.91. The summed E-state index contributed by atoms with van der Waals surface area (Å²) in [6.45, 7) is 3.77. The van der Waals surface area contributed by atoms with Gasteiger partial charge in [-0.2, -0.15) is 5.10 Å². The molecule has 7 heteroatoms. The van der Waals surface area contributed by atoms with E-state index in [4.69, 9.17) is 4.74 Å². The predicted octanol–water partition coefficient (Wildman–Crippen LogP) is 3.20. The first-order valence-electron chi connectivity index (χ1n) is 9.99. The molecule has 1 aliphatic heterocycles. The van der Waals surface area contributed by atoms with Crippen molar-refractivity contribution < 1.29 is 13.9 Å². The number of rotatable bonds is 5. The summed E-state index contributed by atoms with van der Waals surface area (Å²) in [5.74, 6) is 0.182. The minimum Gasteiger partial charge on any atom is -0.381 e. The molecule has 1 unspecified atom stereocenters. The Labute approximate surface area is 164 Å². The summed E-state index contributed by atoms with van der Waals surface area (Å²) < 4.78 is 20.4. The van der Waals surface area contributed by atoms with Gasteiger partial charge in [-0.25, -0.2) is 9.07 Å². The van der Waals surface area contributed by atoms with Crippen LogP contribution in [0.4, 0.5) is 10.2 Å². The van der Waals surface area contributed by atoms with E-state index in [9.17, 15) is 9.18 Å². The quantitative estimate of drug-likeness (QED) is 0.828. The lowest BCUT2D eigenvalue weighted by atomic mass is 9.75. The average molecular weight is 386 g/mol. The largest absolute Gasteiger partial charge is 0.381 e. The highest BCUT2D eigenvalue weighted by Gasteiger charge is 2.43. The van der Waals surface area contributed by atoms with Gasteiger partial charge in [-0.15, -0.1) is 0 Å². The zero-order chi connectivity index (χ0) is 19.6. The molecule has 1 amide bonds. The Bertz CT molecular complexity index is 827. The van der Waals surface area contributed by atoms with Crippen molar-refractivity contribution in [2.45, 2.75) is 45.1 Å². The fourth-order valence-electron chi connectivity index (χ4n) is 4.60. The second-order valence-corrected chi connectivity index (χ2v) is 7.91. The summed E-state index contributed by atoms with van der Waals surface area (Å²) in [7, 11) is 0. The maximum atomic E-state index is 13.2. The first kappa shape index (κ1) is 19.1. The Hall–Kier alpha value is -2.25. The Balaban J connectivity index is 1.40. The molecular formula is C21H27FN4O2. The molecule has 1 atom stereocenters. The fourth-order valence-corrected chi connectivity index (χ4v) is 4.60. The monoisotopic (exact) mass is 386 g/mol. The van der Waals surface area contributed by atoms with Crippen LogP contribution in [0.1, 0.15) is 37.8 Å². The van der Waals surface area contributed by atoms with E-state index in [2.05, 4.69) is 15.7 Å². The molecule has 1 saturated heterocycles. The number of nitrogens with one attached hydrogen (secondary N) is 2. The molecule has 6 nitrogen and oxygen atoms in total. The smallest absolute Gasteiger partial charge is 0.239 e. The molecule has 2 heterocycles. The molecule has 1 aromatic heterocycles. The number of anilines is 1. The Morgan fingerprint density at radius 3 is 2.79 bits per heavy atom. The van der Waals surface area contributed by atoms with E-state index in [-0.39, 0.29) is 23.7 Å². The van der Waals surface area contributed by atoms with Gasteiger partial charge >= 0.3 is 0 Å². The number of benzene rings is 1. The molecule has 2 N–H and O–H groups in total. The van der Waals surface area contributed by atoms with Crippen LogP contribution >= 0.6 is 0 Å². The third-order valence-electron chi connectivity index (χ3n) is 6.07. The molecule has 4 rings (SSSR count). The molecule has 150 valence electrons. The van der Waals surface area contributed by atoms with Crippen molar-refractivity contribution >= 4 is 11.7 Å². The maximum absolute atomic E-state index is 13.2. The van der Waals surface area contributed by atoms with E-state index >= 15 is 0 Å². The first-order chi connectivity index (χ1) is 13.6. The summed E-state index contributed by atoms with van der Waals surface area (Å²) in [6.07, 6.45) is 5.67. The van der Waals surface area contributed by atoms with Crippen molar-refractivity contribution in [3.63, 3.8) is 0 Å². The number of amides is 1. The summed E-state index contributed by atoms with van der Waals surface area (Å²) in [6, 6.07) is 8.23. The number of halogens is 1. The van der Waals surface area contributed by atoms with Gasteiger partial charge in [0.1, 0.15) is 11.6 Å². The summed E-state index contributed by atoms with van der Waals surface area (Å²) in [5, 5.41) is 10.8.